The second kappa shape index (κ2) is 11.4. The van der Waals surface area contributed by atoms with Crippen molar-refractivity contribution >= 4 is 7.82 Å². The summed E-state index contributed by atoms with van der Waals surface area (Å²) in [5, 5.41) is 21.6. The standard InChI is InChI=1S/C24H31N4O12P/c1-11-9-27(23(33)25-21(11)31)17-7-14(30)20(37-17)15-6-4-3-5-13(29)19-16(40-41(35,36)39-15)8-18(38-19)28-10-12(2)22(32)26-24(28)34/h3-4,9-10,13-20,29-30H,5-8H2,1-2H3,(H,35,36)(H,25,31,33)(H,26,32,34)/b4-3+/t13-,14-,15-,16-,17+,18+,19+,20-/m0/s1. The van der Waals surface area contributed by atoms with E-state index in [9.17, 15) is 38.8 Å². The summed E-state index contributed by atoms with van der Waals surface area (Å²) in [6.45, 7) is 3.00. The molecule has 17 heteroatoms. The first-order valence-electron chi connectivity index (χ1n) is 13.0. The maximum atomic E-state index is 13.2. The highest BCUT2D eigenvalue weighted by Gasteiger charge is 2.48. The Hall–Kier alpha value is -2.95. The van der Waals surface area contributed by atoms with Crippen LogP contribution in [0.1, 0.15) is 49.3 Å². The smallest absolute Gasteiger partial charge is 0.390 e. The number of aryl methyl sites for hydroxylation is 2. The summed E-state index contributed by atoms with van der Waals surface area (Å²) in [6.07, 6.45) is -3.49. The molecule has 9 atom stereocenters. The number of phosphoric acid groups is 1. The van der Waals surface area contributed by atoms with Gasteiger partial charge in [-0.1, -0.05) is 12.2 Å². The minimum Gasteiger partial charge on any atom is -0.390 e. The Labute approximate surface area is 231 Å². The minimum absolute atomic E-state index is 0.0144. The highest BCUT2D eigenvalue weighted by molar-refractivity contribution is 7.47. The van der Waals surface area contributed by atoms with Gasteiger partial charge in [0.2, 0.25) is 0 Å². The lowest BCUT2D eigenvalue weighted by atomic mass is 10.0. The van der Waals surface area contributed by atoms with Crippen molar-refractivity contribution in [1.82, 2.24) is 19.1 Å². The Balaban J connectivity index is 1.38. The summed E-state index contributed by atoms with van der Waals surface area (Å²) in [6, 6.07) is 0. The van der Waals surface area contributed by atoms with Crippen molar-refractivity contribution in [3.63, 3.8) is 0 Å². The average molecular weight is 599 g/mol. The van der Waals surface area contributed by atoms with Gasteiger partial charge in [-0.3, -0.25) is 37.7 Å². The van der Waals surface area contributed by atoms with Gasteiger partial charge in [-0.25, -0.2) is 14.2 Å². The van der Waals surface area contributed by atoms with Gasteiger partial charge in [-0.2, -0.15) is 0 Å². The van der Waals surface area contributed by atoms with Crippen LogP contribution in [0, 0.1) is 13.8 Å². The van der Waals surface area contributed by atoms with Gasteiger partial charge < -0.3 is 24.6 Å². The maximum Gasteiger partial charge on any atom is 0.472 e. The molecular formula is C24H31N4O12P. The number of fused-ring (bicyclic) bond motifs is 1. The number of aliphatic hydroxyl groups is 2. The average Bonchev–Trinajstić information content (AvgIpc) is 3.47. The van der Waals surface area contributed by atoms with E-state index in [1.165, 1.54) is 26.2 Å². The van der Waals surface area contributed by atoms with E-state index in [4.69, 9.17) is 18.5 Å². The van der Waals surface area contributed by atoms with Crippen LogP contribution in [-0.4, -0.2) is 70.8 Å². The molecule has 5 N–H and O–H groups in total. The molecule has 3 aliphatic rings. The third-order valence-electron chi connectivity index (χ3n) is 7.36. The maximum absolute atomic E-state index is 13.2. The predicted octanol–water partition coefficient (Wildman–Crippen LogP) is -0.779. The molecule has 3 aliphatic heterocycles. The molecule has 0 bridgehead atoms. The first-order valence-corrected chi connectivity index (χ1v) is 14.5. The molecule has 0 aliphatic carbocycles. The molecule has 41 heavy (non-hydrogen) atoms. The van der Waals surface area contributed by atoms with Crippen LogP contribution in [0.4, 0.5) is 0 Å². The molecule has 224 valence electrons. The van der Waals surface area contributed by atoms with Gasteiger partial charge in [0, 0.05) is 36.4 Å². The SMILES string of the molecule is Cc1cn([C@H]2C[C@H](O)[C@@H]([C@@H]3C/C=C/C[C@H](O)[C@H]4O[C@@H](n5cc(C)c(=O)[nH]c5=O)C[C@@H]4OP(=O)(O)O3)O2)c(=O)[nH]c1=O. The van der Waals surface area contributed by atoms with E-state index in [0.717, 1.165) is 9.13 Å². The minimum atomic E-state index is -4.90. The highest BCUT2D eigenvalue weighted by Crippen LogP contribution is 2.51. The predicted molar refractivity (Wildman–Crippen MR) is 139 cm³/mol. The van der Waals surface area contributed by atoms with Crippen molar-refractivity contribution in [2.24, 2.45) is 0 Å². The lowest BCUT2D eigenvalue weighted by Gasteiger charge is -2.28. The number of rotatable bonds is 3. The number of nitrogens with zero attached hydrogens (tertiary/aromatic N) is 2. The summed E-state index contributed by atoms with van der Waals surface area (Å²) < 4.78 is 38.1. The fourth-order valence-corrected chi connectivity index (χ4v) is 6.41. The highest BCUT2D eigenvalue weighted by atomic mass is 31.2. The molecule has 2 aromatic rings. The lowest BCUT2D eigenvalue weighted by molar-refractivity contribution is -0.0932. The van der Waals surface area contributed by atoms with Crippen LogP contribution < -0.4 is 22.5 Å². The van der Waals surface area contributed by atoms with Crippen molar-refractivity contribution in [3.05, 3.63) is 77.3 Å². The van der Waals surface area contributed by atoms with Crippen molar-refractivity contribution in [1.29, 1.82) is 0 Å². The summed E-state index contributed by atoms with van der Waals surface area (Å²) in [5.41, 5.74) is -2.15. The van der Waals surface area contributed by atoms with E-state index in [2.05, 4.69) is 9.97 Å². The van der Waals surface area contributed by atoms with E-state index >= 15 is 0 Å². The number of nitrogens with one attached hydrogen (secondary N) is 2. The number of H-pyrrole nitrogens is 2. The van der Waals surface area contributed by atoms with Gasteiger partial charge in [0.1, 0.15) is 36.9 Å². The molecule has 2 fully saturated rings. The van der Waals surface area contributed by atoms with Crippen molar-refractivity contribution in [2.45, 2.75) is 88.6 Å². The Morgan fingerprint density at radius 3 is 1.85 bits per heavy atom. The molecule has 0 spiro atoms. The molecule has 5 heterocycles. The van der Waals surface area contributed by atoms with Gasteiger partial charge >= 0.3 is 19.2 Å². The molecule has 2 aromatic heterocycles. The largest absolute Gasteiger partial charge is 0.472 e. The van der Waals surface area contributed by atoms with E-state index in [0.29, 0.717) is 0 Å². The zero-order valence-electron chi connectivity index (χ0n) is 22.1. The molecule has 0 aromatic carbocycles. The van der Waals surface area contributed by atoms with Crippen LogP contribution in [0.15, 0.2) is 43.7 Å². The molecule has 0 saturated carbocycles. The van der Waals surface area contributed by atoms with Crippen LogP contribution in [0.2, 0.25) is 0 Å². The first-order chi connectivity index (χ1) is 19.3. The molecular weight excluding hydrogens is 567 g/mol. The first kappa shape index (κ1) is 29.5. The molecule has 5 rings (SSSR count). The topological polar surface area (TPSA) is 224 Å². The van der Waals surface area contributed by atoms with Gasteiger partial charge in [-0.15, -0.1) is 0 Å². The Morgan fingerprint density at radius 2 is 1.27 bits per heavy atom. The molecule has 2 saturated heterocycles. The summed E-state index contributed by atoms with van der Waals surface area (Å²) in [7, 11) is -4.90. The molecule has 1 unspecified atom stereocenters. The second-order valence-corrected chi connectivity index (χ2v) is 11.7. The summed E-state index contributed by atoms with van der Waals surface area (Å²) in [4.78, 5) is 63.3. The Bertz CT molecular complexity index is 1610. The lowest BCUT2D eigenvalue weighted by Crippen LogP contribution is -2.38. The number of aromatic nitrogens is 4. The third-order valence-corrected chi connectivity index (χ3v) is 8.43. The number of aromatic amines is 2. The van der Waals surface area contributed by atoms with Crippen LogP contribution in [0.3, 0.4) is 0 Å². The van der Waals surface area contributed by atoms with Crippen molar-refractivity contribution < 1.29 is 38.2 Å². The molecule has 0 amide bonds. The summed E-state index contributed by atoms with van der Waals surface area (Å²) >= 11 is 0. The van der Waals surface area contributed by atoms with E-state index in [1.54, 1.807) is 12.2 Å². The number of aliphatic hydroxyl groups excluding tert-OH is 2. The van der Waals surface area contributed by atoms with Gasteiger partial charge in [0.25, 0.3) is 11.1 Å². The molecule has 16 nitrogen and oxygen atoms in total. The van der Waals surface area contributed by atoms with Crippen LogP contribution in [0.5, 0.6) is 0 Å². The van der Waals surface area contributed by atoms with E-state index in [-0.39, 0.29) is 36.8 Å². The monoisotopic (exact) mass is 598 g/mol. The Kier molecular flexibility index (Phi) is 8.20. The van der Waals surface area contributed by atoms with Crippen molar-refractivity contribution in [3.8, 4) is 0 Å². The quantitative estimate of drug-likeness (QED) is 0.217. The number of hydrogen-bond donors (Lipinski definition) is 5. The fraction of sp³-hybridized carbons (Fsp3) is 0.583. The van der Waals surface area contributed by atoms with Gasteiger partial charge in [-0.05, 0) is 26.7 Å². The van der Waals surface area contributed by atoms with Gasteiger partial charge in [0.05, 0.1) is 12.2 Å². The summed E-state index contributed by atoms with van der Waals surface area (Å²) in [5.74, 6) is 0. The van der Waals surface area contributed by atoms with E-state index in [1.807, 2.05) is 0 Å². The molecule has 0 radical (unpaired) electrons. The van der Waals surface area contributed by atoms with Crippen molar-refractivity contribution in [2.75, 3.05) is 0 Å². The van der Waals surface area contributed by atoms with E-state index < -0.39 is 79.4 Å². The number of phosphoric ester groups is 1. The third kappa shape index (κ3) is 6.15. The zero-order chi connectivity index (χ0) is 29.6. The number of ether oxygens (including phenoxy) is 2. The van der Waals surface area contributed by atoms with Crippen LogP contribution >= 0.6 is 7.82 Å². The zero-order valence-corrected chi connectivity index (χ0v) is 23.0. The number of hydrogen-bond acceptors (Lipinski definition) is 11. The fourth-order valence-electron chi connectivity index (χ4n) is 5.27. The normalized spacial score (nSPS) is 36.9. The Morgan fingerprint density at radius 1 is 0.780 bits per heavy atom. The van der Waals surface area contributed by atoms with Crippen LogP contribution in [0.25, 0.3) is 0 Å². The van der Waals surface area contributed by atoms with Crippen LogP contribution in [-0.2, 0) is 23.1 Å². The second-order valence-electron chi connectivity index (χ2n) is 10.4. The van der Waals surface area contributed by atoms with Gasteiger partial charge in [0.15, 0.2) is 0 Å².